The normalized spacial score (nSPS) is 10.3. The molecule has 0 aromatic heterocycles. The largest absolute Gasteiger partial charge is 0.298 e. The Balaban J connectivity index is 3.24. The maximum Gasteiger partial charge on any atom is 0.117 e. The second kappa shape index (κ2) is 5.10. The molecule has 0 unspecified atom stereocenters. The third-order valence-electron chi connectivity index (χ3n) is 1.94. The van der Waals surface area contributed by atoms with E-state index in [1.807, 2.05) is 0 Å². The molecule has 0 bridgehead atoms. The third-order valence-corrected chi connectivity index (χ3v) is 2.14. The highest BCUT2D eigenvalue weighted by Gasteiger charge is 2.10. The van der Waals surface area contributed by atoms with E-state index >= 15 is 0 Å². The minimum atomic E-state index is -0.835. The van der Waals surface area contributed by atoms with Gasteiger partial charge in [-0.2, -0.15) is 0 Å². The Bertz CT molecular complexity index is 292. The van der Waals surface area contributed by atoms with Crippen LogP contribution in [0.3, 0.4) is 0 Å². The van der Waals surface area contributed by atoms with Crippen LogP contribution in [0.5, 0.6) is 0 Å². The van der Waals surface area contributed by atoms with E-state index in [0.717, 1.165) is 0 Å². The average molecular weight is 224 g/mol. The Kier molecular flexibility index (Phi) is 4.07. The lowest BCUT2D eigenvalue weighted by Crippen LogP contribution is -1.97. The highest BCUT2D eigenvalue weighted by molar-refractivity contribution is 6.24. The number of alkyl halides is 3. The molecule has 78 valence electrons. The van der Waals surface area contributed by atoms with Gasteiger partial charge in [0.1, 0.15) is 20.0 Å². The maximum absolute atomic E-state index is 12.5. The summed E-state index contributed by atoms with van der Waals surface area (Å²) >= 11 is 5.31. The van der Waals surface area contributed by atoms with Crippen LogP contribution >= 0.6 is 11.8 Å². The fraction of sp³-hybridized carbons (Fsp3) is 0.333. The first-order valence-electron chi connectivity index (χ1n) is 3.96. The summed E-state index contributed by atoms with van der Waals surface area (Å²) in [6, 6.07) is 2.66. The molecular formula is C9H9ClF3N. The molecule has 0 aliphatic rings. The Morgan fingerprint density at radius 1 is 1.07 bits per heavy atom. The number of benzene rings is 1. The van der Waals surface area contributed by atoms with Gasteiger partial charge in [0.05, 0.1) is 5.69 Å². The van der Waals surface area contributed by atoms with Gasteiger partial charge in [-0.05, 0) is 17.2 Å². The van der Waals surface area contributed by atoms with E-state index < -0.39 is 20.0 Å². The van der Waals surface area contributed by atoms with Crippen molar-refractivity contribution in [2.24, 2.45) is 0 Å². The van der Waals surface area contributed by atoms with Gasteiger partial charge in [0.15, 0.2) is 0 Å². The van der Waals surface area contributed by atoms with Gasteiger partial charge in [0.2, 0.25) is 0 Å². The van der Waals surface area contributed by atoms with Crippen LogP contribution in [-0.4, -0.2) is 0 Å². The summed E-state index contributed by atoms with van der Waals surface area (Å²) in [5.74, 6) is 0. The molecule has 0 atom stereocenters. The summed E-state index contributed by atoms with van der Waals surface area (Å²) in [6.45, 7) is -2.40. The van der Waals surface area contributed by atoms with Crippen LogP contribution in [0.1, 0.15) is 16.7 Å². The first-order valence-corrected chi connectivity index (χ1v) is 4.33. The summed E-state index contributed by atoms with van der Waals surface area (Å²) in [6.07, 6.45) is 0. The quantitative estimate of drug-likeness (QED) is 0.768. The van der Waals surface area contributed by atoms with Crippen molar-refractivity contribution in [3.05, 3.63) is 28.8 Å². The number of halogens is 4. The SMILES string of the molecule is FCc1cc(CF)c(CF)c(NCl)c1. The van der Waals surface area contributed by atoms with Crippen molar-refractivity contribution in [1.29, 1.82) is 0 Å². The van der Waals surface area contributed by atoms with Gasteiger partial charge in [-0.15, -0.1) is 0 Å². The first-order chi connectivity index (χ1) is 6.76. The molecule has 1 N–H and O–H groups in total. The van der Waals surface area contributed by atoms with Crippen molar-refractivity contribution >= 4 is 17.5 Å². The Labute approximate surface area is 85.0 Å². The molecular weight excluding hydrogens is 215 g/mol. The van der Waals surface area contributed by atoms with E-state index in [9.17, 15) is 13.2 Å². The second-order valence-electron chi connectivity index (χ2n) is 2.78. The predicted molar refractivity (Wildman–Crippen MR) is 50.4 cm³/mol. The molecule has 0 aliphatic heterocycles. The topological polar surface area (TPSA) is 12.0 Å². The highest BCUT2D eigenvalue weighted by Crippen LogP contribution is 2.25. The molecule has 0 radical (unpaired) electrons. The number of anilines is 1. The number of rotatable bonds is 4. The Hall–Kier alpha value is -0.900. The van der Waals surface area contributed by atoms with Crippen LogP contribution in [0, 0.1) is 0 Å². The highest BCUT2D eigenvalue weighted by atomic mass is 35.5. The van der Waals surface area contributed by atoms with Crippen molar-refractivity contribution in [3.8, 4) is 0 Å². The van der Waals surface area contributed by atoms with Gasteiger partial charge < -0.3 is 0 Å². The zero-order valence-corrected chi connectivity index (χ0v) is 8.04. The van der Waals surface area contributed by atoms with Gasteiger partial charge in [-0.1, -0.05) is 6.07 Å². The minimum absolute atomic E-state index is 0.130. The van der Waals surface area contributed by atoms with Crippen molar-refractivity contribution in [1.82, 2.24) is 0 Å². The molecule has 0 spiro atoms. The molecule has 0 saturated carbocycles. The van der Waals surface area contributed by atoms with Crippen LogP contribution in [-0.2, 0) is 20.0 Å². The molecule has 5 heteroatoms. The lowest BCUT2D eigenvalue weighted by atomic mass is 10.0. The number of hydrogen-bond donors (Lipinski definition) is 1. The fourth-order valence-corrected chi connectivity index (χ4v) is 1.41. The van der Waals surface area contributed by atoms with Crippen LogP contribution in [0.25, 0.3) is 0 Å². The lowest BCUT2D eigenvalue weighted by molar-refractivity contribution is 0.452. The van der Waals surface area contributed by atoms with Crippen molar-refractivity contribution in [2.45, 2.75) is 20.0 Å². The monoisotopic (exact) mass is 223 g/mol. The van der Waals surface area contributed by atoms with E-state index in [0.29, 0.717) is 0 Å². The first kappa shape index (κ1) is 11.2. The second-order valence-corrected chi connectivity index (χ2v) is 2.97. The molecule has 1 nitrogen and oxygen atoms in total. The summed E-state index contributed by atoms with van der Waals surface area (Å²) < 4.78 is 37.2. The van der Waals surface area contributed by atoms with E-state index in [-0.39, 0.29) is 22.4 Å². The predicted octanol–water partition coefficient (Wildman–Crippen LogP) is 3.66. The maximum atomic E-state index is 12.5. The molecule has 1 aromatic carbocycles. The summed E-state index contributed by atoms with van der Waals surface area (Å²) in [5, 5.41) is 0. The Morgan fingerprint density at radius 2 is 1.79 bits per heavy atom. The zero-order valence-electron chi connectivity index (χ0n) is 7.29. The third kappa shape index (κ3) is 2.12. The van der Waals surface area contributed by atoms with Crippen LogP contribution in [0.2, 0.25) is 0 Å². The van der Waals surface area contributed by atoms with Crippen molar-refractivity contribution in [2.75, 3.05) is 4.84 Å². The van der Waals surface area contributed by atoms with Crippen molar-refractivity contribution < 1.29 is 13.2 Å². The summed E-state index contributed by atoms with van der Waals surface area (Å²) in [5.41, 5.74) is 0.764. The summed E-state index contributed by atoms with van der Waals surface area (Å²) in [4.78, 5) is 2.19. The standard InChI is InChI=1S/C9H9ClF3N/c10-14-9-2-6(3-11)1-7(4-12)8(9)5-13/h1-2,14H,3-5H2. The smallest absolute Gasteiger partial charge is 0.117 e. The molecule has 0 saturated heterocycles. The van der Waals surface area contributed by atoms with Gasteiger partial charge in [-0.3, -0.25) is 4.84 Å². The van der Waals surface area contributed by atoms with Gasteiger partial charge in [-0.25, -0.2) is 13.2 Å². The van der Waals surface area contributed by atoms with E-state index in [1.165, 1.54) is 12.1 Å². The minimum Gasteiger partial charge on any atom is -0.298 e. The van der Waals surface area contributed by atoms with Gasteiger partial charge >= 0.3 is 0 Å². The Morgan fingerprint density at radius 3 is 2.21 bits per heavy atom. The van der Waals surface area contributed by atoms with E-state index in [1.54, 1.807) is 0 Å². The van der Waals surface area contributed by atoms with Crippen molar-refractivity contribution in [3.63, 3.8) is 0 Å². The van der Waals surface area contributed by atoms with Crippen LogP contribution in [0.4, 0.5) is 18.9 Å². The van der Waals surface area contributed by atoms with Gasteiger partial charge in [0, 0.05) is 17.3 Å². The zero-order chi connectivity index (χ0) is 10.6. The lowest BCUT2D eigenvalue weighted by Gasteiger charge is -2.10. The molecule has 0 aliphatic carbocycles. The van der Waals surface area contributed by atoms with E-state index in [4.69, 9.17) is 11.8 Å². The number of nitrogens with one attached hydrogen (secondary N) is 1. The van der Waals surface area contributed by atoms with Crippen LogP contribution in [0.15, 0.2) is 12.1 Å². The molecule has 0 fully saturated rings. The average Bonchev–Trinajstić information content (AvgIpc) is 2.26. The molecule has 0 heterocycles. The molecule has 0 amide bonds. The molecule has 14 heavy (non-hydrogen) atoms. The summed E-state index contributed by atoms with van der Waals surface area (Å²) in [7, 11) is 0. The molecule has 1 aromatic rings. The molecule has 1 rings (SSSR count). The van der Waals surface area contributed by atoms with Gasteiger partial charge in [0.25, 0.3) is 0 Å². The van der Waals surface area contributed by atoms with E-state index in [2.05, 4.69) is 4.84 Å². The fourth-order valence-electron chi connectivity index (χ4n) is 1.24. The van der Waals surface area contributed by atoms with Crippen LogP contribution < -0.4 is 4.84 Å². The number of hydrogen-bond acceptors (Lipinski definition) is 1.